The van der Waals surface area contributed by atoms with Crippen molar-refractivity contribution in [2.75, 3.05) is 32.8 Å². The molecule has 7 nitrogen and oxygen atoms in total. The van der Waals surface area contributed by atoms with Crippen LogP contribution in [0.25, 0.3) is 0 Å². The van der Waals surface area contributed by atoms with Crippen molar-refractivity contribution in [1.82, 2.24) is 14.1 Å². The van der Waals surface area contributed by atoms with E-state index in [4.69, 9.17) is 16.3 Å². The van der Waals surface area contributed by atoms with Crippen LogP contribution < -0.4 is 0 Å². The Bertz CT molecular complexity index is 1170. The first-order valence-corrected chi connectivity index (χ1v) is 15.1. The lowest BCUT2D eigenvalue weighted by atomic mass is 9.93. The van der Waals surface area contributed by atoms with Crippen LogP contribution in [0.15, 0.2) is 59.5 Å². The molecule has 2 saturated heterocycles. The van der Waals surface area contributed by atoms with Crippen molar-refractivity contribution in [2.24, 2.45) is 5.92 Å². The van der Waals surface area contributed by atoms with E-state index < -0.39 is 16.1 Å². The lowest BCUT2D eigenvalue weighted by Gasteiger charge is -2.42. The fourth-order valence-corrected chi connectivity index (χ4v) is 7.65. The average molecular weight is 546 g/mol. The molecule has 0 spiro atoms. The molecule has 2 aromatic carbocycles. The van der Waals surface area contributed by atoms with E-state index in [-0.39, 0.29) is 29.7 Å². The van der Waals surface area contributed by atoms with Crippen molar-refractivity contribution in [2.45, 2.75) is 62.0 Å². The van der Waals surface area contributed by atoms with E-state index in [2.05, 4.69) is 11.8 Å². The minimum absolute atomic E-state index is 0.0317. The van der Waals surface area contributed by atoms with E-state index in [0.29, 0.717) is 24.4 Å². The Labute approximate surface area is 225 Å². The Balaban J connectivity index is 1.32. The Kier molecular flexibility index (Phi) is 8.10. The summed E-state index contributed by atoms with van der Waals surface area (Å²) >= 11 is 6.03. The summed E-state index contributed by atoms with van der Waals surface area (Å²) in [5, 5.41) is 0.481. The normalized spacial score (nSPS) is 25.7. The summed E-state index contributed by atoms with van der Waals surface area (Å²) in [6, 6.07) is 15.3. The van der Waals surface area contributed by atoms with Crippen LogP contribution in [-0.4, -0.2) is 73.5 Å². The molecule has 5 rings (SSSR count). The van der Waals surface area contributed by atoms with Crippen molar-refractivity contribution >= 4 is 27.7 Å². The number of hydrogen-bond acceptors (Lipinski definition) is 5. The highest BCUT2D eigenvalue weighted by molar-refractivity contribution is 7.89. The molecule has 1 unspecified atom stereocenters. The number of halogens is 1. The molecule has 9 heteroatoms. The van der Waals surface area contributed by atoms with Gasteiger partial charge < -0.3 is 9.64 Å². The zero-order chi connectivity index (χ0) is 26.0. The maximum Gasteiger partial charge on any atom is 0.410 e. The Morgan fingerprint density at radius 3 is 2.41 bits per heavy atom. The Hall–Kier alpha value is -2.13. The predicted octanol–water partition coefficient (Wildman–Crippen LogP) is 5.18. The highest BCUT2D eigenvalue weighted by Gasteiger charge is 2.41. The SMILES string of the molecule is CC1CN(CC2CC2)CCN1C(=O)OC[C@H]1CCC[C@@H](c2ccccc2)N1S(=O)(=O)c1ccc(Cl)cc1. The summed E-state index contributed by atoms with van der Waals surface area (Å²) in [6.07, 6.45) is 4.47. The van der Waals surface area contributed by atoms with Gasteiger partial charge in [0, 0.05) is 37.2 Å². The first kappa shape index (κ1) is 26.5. The summed E-state index contributed by atoms with van der Waals surface area (Å²) < 4.78 is 35.3. The molecule has 3 aliphatic rings. The number of carbonyl (C=O) groups excluding carboxylic acids is 1. The Morgan fingerprint density at radius 1 is 1.00 bits per heavy atom. The van der Waals surface area contributed by atoms with E-state index in [1.807, 2.05) is 30.3 Å². The van der Waals surface area contributed by atoms with Gasteiger partial charge in [-0.15, -0.1) is 0 Å². The number of amides is 1. The average Bonchev–Trinajstić information content (AvgIpc) is 3.72. The molecule has 0 aromatic heterocycles. The third-order valence-corrected chi connectivity index (χ3v) is 10.0. The first-order valence-electron chi connectivity index (χ1n) is 13.3. The zero-order valence-corrected chi connectivity index (χ0v) is 22.9. The molecule has 1 aliphatic carbocycles. The smallest absolute Gasteiger partial charge is 0.410 e. The van der Waals surface area contributed by atoms with Crippen molar-refractivity contribution in [1.29, 1.82) is 0 Å². The fourth-order valence-electron chi connectivity index (χ4n) is 5.68. The van der Waals surface area contributed by atoms with Crippen molar-refractivity contribution in [3.63, 3.8) is 0 Å². The van der Waals surface area contributed by atoms with Gasteiger partial charge in [-0.2, -0.15) is 4.31 Å². The highest BCUT2D eigenvalue weighted by Crippen LogP contribution is 2.39. The van der Waals surface area contributed by atoms with Crippen molar-refractivity contribution in [3.05, 3.63) is 65.2 Å². The Morgan fingerprint density at radius 2 is 1.73 bits per heavy atom. The van der Waals surface area contributed by atoms with E-state index in [1.54, 1.807) is 33.5 Å². The second-order valence-electron chi connectivity index (χ2n) is 10.6. The fraction of sp³-hybridized carbons (Fsp3) is 0.536. The summed E-state index contributed by atoms with van der Waals surface area (Å²) in [5.41, 5.74) is 0.941. The van der Waals surface area contributed by atoms with Crippen LogP contribution >= 0.6 is 11.6 Å². The number of ether oxygens (including phenoxy) is 1. The van der Waals surface area contributed by atoms with Crippen molar-refractivity contribution < 1.29 is 17.9 Å². The number of hydrogen-bond donors (Lipinski definition) is 0. The molecular weight excluding hydrogens is 510 g/mol. The van der Waals surface area contributed by atoms with Gasteiger partial charge >= 0.3 is 6.09 Å². The number of rotatable bonds is 7. The summed E-state index contributed by atoms with van der Waals surface area (Å²) in [6.45, 7) is 5.55. The number of benzene rings is 2. The molecule has 3 fully saturated rings. The van der Waals surface area contributed by atoms with Gasteiger partial charge in [0.2, 0.25) is 10.0 Å². The monoisotopic (exact) mass is 545 g/mol. The second kappa shape index (κ2) is 11.3. The minimum atomic E-state index is -3.86. The van der Waals surface area contributed by atoms with Crippen LogP contribution in [0.2, 0.25) is 5.02 Å². The molecule has 0 N–H and O–H groups in total. The molecule has 2 heterocycles. The molecule has 0 bridgehead atoms. The number of piperidine rings is 1. The third kappa shape index (κ3) is 6.14. The topological polar surface area (TPSA) is 70.2 Å². The predicted molar refractivity (Wildman–Crippen MR) is 144 cm³/mol. The van der Waals surface area contributed by atoms with E-state index in [9.17, 15) is 13.2 Å². The van der Waals surface area contributed by atoms with E-state index in [1.165, 1.54) is 12.8 Å². The van der Waals surface area contributed by atoms with Crippen molar-refractivity contribution in [3.8, 4) is 0 Å². The van der Waals surface area contributed by atoms with Crippen LogP contribution in [0.1, 0.15) is 50.6 Å². The first-order chi connectivity index (χ1) is 17.8. The summed E-state index contributed by atoms with van der Waals surface area (Å²) in [4.78, 5) is 17.5. The van der Waals surface area contributed by atoms with Gasteiger partial charge in [0.05, 0.1) is 17.0 Å². The van der Waals surface area contributed by atoms with Crippen LogP contribution in [0.4, 0.5) is 4.79 Å². The largest absolute Gasteiger partial charge is 0.448 e. The van der Waals surface area contributed by atoms with Crippen LogP contribution in [0.5, 0.6) is 0 Å². The molecule has 3 atom stereocenters. The quantitative estimate of drug-likeness (QED) is 0.479. The number of carbonyl (C=O) groups is 1. The lowest BCUT2D eigenvalue weighted by molar-refractivity contribution is 0.0318. The summed E-state index contributed by atoms with van der Waals surface area (Å²) in [7, 11) is -3.86. The molecule has 2 aromatic rings. The van der Waals surface area contributed by atoms with Gasteiger partial charge in [-0.1, -0.05) is 41.9 Å². The highest BCUT2D eigenvalue weighted by atomic mass is 35.5. The molecule has 200 valence electrons. The minimum Gasteiger partial charge on any atom is -0.448 e. The van der Waals surface area contributed by atoms with Gasteiger partial charge in [0.1, 0.15) is 6.61 Å². The number of nitrogens with zero attached hydrogens (tertiary/aromatic N) is 3. The van der Waals surface area contributed by atoms with Gasteiger partial charge in [-0.25, -0.2) is 13.2 Å². The molecule has 1 saturated carbocycles. The number of sulfonamides is 1. The third-order valence-electron chi connectivity index (χ3n) is 7.81. The van der Waals surface area contributed by atoms with Gasteiger partial charge in [0.25, 0.3) is 0 Å². The molecule has 1 amide bonds. The second-order valence-corrected chi connectivity index (χ2v) is 12.9. The maximum absolute atomic E-state index is 13.9. The van der Waals surface area contributed by atoms with E-state index >= 15 is 0 Å². The molecule has 2 aliphatic heterocycles. The van der Waals surface area contributed by atoms with Gasteiger partial charge in [-0.3, -0.25) is 4.90 Å². The molecule has 0 radical (unpaired) electrons. The lowest BCUT2D eigenvalue weighted by Crippen LogP contribution is -2.55. The van der Waals surface area contributed by atoms with Gasteiger partial charge in [0.15, 0.2) is 0 Å². The van der Waals surface area contributed by atoms with Crippen LogP contribution in [-0.2, 0) is 14.8 Å². The molecule has 37 heavy (non-hydrogen) atoms. The van der Waals surface area contributed by atoms with E-state index in [0.717, 1.165) is 37.5 Å². The summed E-state index contributed by atoms with van der Waals surface area (Å²) in [5.74, 6) is 0.822. The zero-order valence-electron chi connectivity index (χ0n) is 21.3. The van der Waals surface area contributed by atoms with Gasteiger partial charge in [-0.05, 0) is 74.8 Å². The molecular formula is C28H36ClN3O4S. The maximum atomic E-state index is 13.9. The number of piperazine rings is 1. The van der Waals surface area contributed by atoms with Crippen LogP contribution in [0.3, 0.4) is 0 Å². The van der Waals surface area contributed by atoms with Crippen LogP contribution in [0, 0.1) is 5.92 Å². The standard InChI is InChI=1S/C28H36ClN3O4S/c1-21-18-30(19-22-10-11-22)16-17-31(21)28(33)36-20-25-8-5-9-27(23-6-3-2-4-7-23)32(25)37(34,35)26-14-12-24(29)13-15-26/h2-4,6-7,12-15,21-22,25,27H,5,8-11,16-20H2,1H3/t21?,25-,27+/m1/s1.